The van der Waals surface area contributed by atoms with Gasteiger partial charge in [0, 0.05) is 6.92 Å². The molecule has 0 saturated carbocycles. The molecule has 0 radical (unpaired) electrons. The third kappa shape index (κ3) is 10.0. The van der Waals surface area contributed by atoms with Crippen LogP contribution in [-0.2, 0) is 21.6 Å². The average molecular weight is 355 g/mol. The van der Waals surface area contributed by atoms with Crippen molar-refractivity contribution in [2.24, 2.45) is 0 Å². The summed E-state index contributed by atoms with van der Waals surface area (Å²) in [7, 11) is -9.37. The summed E-state index contributed by atoms with van der Waals surface area (Å²) in [6.45, 7) is 19.7. The van der Waals surface area contributed by atoms with Gasteiger partial charge in [0.1, 0.15) is 0 Å². The van der Waals surface area contributed by atoms with Gasteiger partial charge in [-0.1, -0.05) is 0 Å². The van der Waals surface area contributed by atoms with E-state index in [4.69, 9.17) is 16.8 Å². The Hall–Kier alpha value is 0.218. The van der Waals surface area contributed by atoms with Gasteiger partial charge in [-0.3, -0.25) is 4.79 Å². The third-order valence-electron chi connectivity index (χ3n) is 1.56. The van der Waals surface area contributed by atoms with Gasteiger partial charge >= 0.3 is 9.05 Å². The summed E-state index contributed by atoms with van der Waals surface area (Å²) in [4.78, 5) is 11.5. The Bertz CT molecular complexity index is 299. The van der Waals surface area contributed by atoms with Gasteiger partial charge in [0.2, 0.25) is 0 Å². The molecule has 0 N–H and O–H groups in total. The molecule has 0 saturated heterocycles. The van der Waals surface area contributed by atoms with Crippen molar-refractivity contribution in [1.29, 1.82) is 0 Å². The zero-order valence-electron chi connectivity index (χ0n) is 14.5. The molecule has 9 heteroatoms. The van der Waals surface area contributed by atoms with Crippen LogP contribution in [0, 0.1) is 0 Å². The Morgan fingerprint density at radius 2 is 0.900 bits per heavy atom. The molecule has 0 aliphatic carbocycles. The molecule has 0 aliphatic heterocycles. The van der Waals surface area contributed by atoms with Gasteiger partial charge in [-0.15, -0.1) is 0 Å². The first kappa shape index (κ1) is 20.2. The van der Waals surface area contributed by atoms with E-state index < -0.39 is 40.0 Å². The second-order valence-electron chi connectivity index (χ2n) is 7.74. The lowest BCUT2D eigenvalue weighted by atomic mass is 10.9. The standard InChI is InChI=1S/C11H30O5Si4/c1-11(12)13-20(14-17(2,3)4,15-18(5,6)7)16-19(8,9)10/h1-10H3. The minimum atomic E-state index is -3.43. The molecular weight excluding hydrogens is 324 g/mol. The van der Waals surface area contributed by atoms with Gasteiger partial charge in [-0.2, -0.15) is 0 Å². The van der Waals surface area contributed by atoms with E-state index in [-0.39, 0.29) is 0 Å². The molecule has 0 aromatic carbocycles. The van der Waals surface area contributed by atoms with Crippen LogP contribution >= 0.6 is 0 Å². The lowest BCUT2D eigenvalue weighted by Crippen LogP contribution is -2.63. The minimum Gasteiger partial charge on any atom is -0.454 e. The van der Waals surface area contributed by atoms with E-state index in [1.807, 2.05) is 58.9 Å². The molecule has 0 spiro atoms. The first-order valence-corrected chi connectivity index (χ1v) is 18.7. The lowest BCUT2D eigenvalue weighted by molar-refractivity contribution is -0.137. The summed E-state index contributed by atoms with van der Waals surface area (Å²) in [5, 5.41) is 0. The van der Waals surface area contributed by atoms with E-state index in [0.29, 0.717) is 0 Å². The summed E-state index contributed by atoms with van der Waals surface area (Å²) in [5.41, 5.74) is 0. The molecule has 0 aromatic heterocycles. The fourth-order valence-electron chi connectivity index (χ4n) is 1.43. The molecule has 0 atom stereocenters. The Morgan fingerprint density at radius 1 is 0.650 bits per heavy atom. The Balaban J connectivity index is 5.56. The van der Waals surface area contributed by atoms with Crippen LogP contribution in [0.2, 0.25) is 58.9 Å². The molecular formula is C11H30O5Si4. The van der Waals surface area contributed by atoms with Crippen LogP contribution in [0.25, 0.3) is 0 Å². The predicted molar refractivity (Wildman–Crippen MR) is 90.8 cm³/mol. The SMILES string of the molecule is CC(=O)O[Si](O[Si](C)(C)C)(O[Si](C)(C)C)O[Si](C)(C)C. The molecule has 0 aromatic rings. The first-order valence-electron chi connectivity index (χ1n) is 6.84. The van der Waals surface area contributed by atoms with Crippen molar-refractivity contribution in [2.45, 2.75) is 65.8 Å². The van der Waals surface area contributed by atoms with Crippen molar-refractivity contribution in [2.75, 3.05) is 0 Å². The number of carbonyl (C=O) groups excluding carboxylic acids is 1. The number of rotatable bonds is 7. The molecule has 0 unspecified atom stereocenters. The van der Waals surface area contributed by atoms with Crippen molar-refractivity contribution in [3.8, 4) is 0 Å². The van der Waals surface area contributed by atoms with Gasteiger partial charge in [0.15, 0.2) is 25.0 Å². The predicted octanol–water partition coefficient (Wildman–Crippen LogP) is 3.54. The van der Waals surface area contributed by atoms with E-state index in [1.165, 1.54) is 6.92 Å². The Labute approximate surface area is 127 Å². The maximum atomic E-state index is 11.5. The average Bonchev–Trinajstić information content (AvgIpc) is 1.86. The van der Waals surface area contributed by atoms with Gasteiger partial charge in [-0.25, -0.2) is 0 Å². The van der Waals surface area contributed by atoms with Crippen LogP contribution in [0.1, 0.15) is 6.92 Å². The summed E-state index contributed by atoms with van der Waals surface area (Å²) < 4.78 is 23.9. The highest BCUT2D eigenvalue weighted by Crippen LogP contribution is 2.26. The summed E-state index contributed by atoms with van der Waals surface area (Å²) in [5.74, 6) is -0.411. The zero-order valence-corrected chi connectivity index (χ0v) is 18.5. The first-order chi connectivity index (χ1) is 8.54. The molecule has 120 valence electrons. The molecule has 0 rings (SSSR count). The fourth-order valence-corrected chi connectivity index (χ4v) is 12.9. The van der Waals surface area contributed by atoms with Crippen molar-refractivity contribution in [3.63, 3.8) is 0 Å². The molecule has 5 nitrogen and oxygen atoms in total. The van der Waals surface area contributed by atoms with Crippen molar-refractivity contribution in [1.82, 2.24) is 0 Å². The molecule has 0 heterocycles. The van der Waals surface area contributed by atoms with E-state index in [0.717, 1.165) is 0 Å². The Kier molecular flexibility index (Phi) is 6.62. The molecule has 0 fully saturated rings. The van der Waals surface area contributed by atoms with Crippen molar-refractivity contribution >= 4 is 40.0 Å². The van der Waals surface area contributed by atoms with E-state index in [9.17, 15) is 4.79 Å². The molecule has 0 aliphatic rings. The monoisotopic (exact) mass is 354 g/mol. The molecule has 0 bridgehead atoms. The van der Waals surface area contributed by atoms with E-state index in [2.05, 4.69) is 0 Å². The lowest BCUT2D eigenvalue weighted by Gasteiger charge is -2.39. The van der Waals surface area contributed by atoms with Crippen LogP contribution in [0.15, 0.2) is 0 Å². The zero-order chi connectivity index (χ0) is 16.4. The number of carbonyl (C=O) groups is 1. The van der Waals surface area contributed by atoms with E-state index >= 15 is 0 Å². The highest BCUT2D eigenvalue weighted by atomic mass is 28.5. The largest absolute Gasteiger partial charge is 0.719 e. The highest BCUT2D eigenvalue weighted by Gasteiger charge is 2.56. The van der Waals surface area contributed by atoms with Gasteiger partial charge in [-0.05, 0) is 58.9 Å². The van der Waals surface area contributed by atoms with Gasteiger partial charge in [0.25, 0.3) is 5.97 Å². The summed E-state index contributed by atoms with van der Waals surface area (Å²) in [6, 6.07) is 0. The van der Waals surface area contributed by atoms with Crippen LogP contribution in [-0.4, -0.2) is 40.0 Å². The van der Waals surface area contributed by atoms with Gasteiger partial charge < -0.3 is 16.8 Å². The number of hydrogen-bond acceptors (Lipinski definition) is 5. The number of hydrogen-bond donors (Lipinski definition) is 0. The second-order valence-corrected chi connectivity index (χ2v) is 24.1. The van der Waals surface area contributed by atoms with E-state index in [1.54, 1.807) is 0 Å². The topological polar surface area (TPSA) is 54.0 Å². The van der Waals surface area contributed by atoms with Crippen LogP contribution < -0.4 is 0 Å². The molecule has 20 heavy (non-hydrogen) atoms. The second kappa shape index (κ2) is 6.54. The van der Waals surface area contributed by atoms with Crippen molar-refractivity contribution < 1.29 is 21.6 Å². The third-order valence-corrected chi connectivity index (χ3v) is 12.4. The van der Waals surface area contributed by atoms with Crippen LogP contribution in [0.3, 0.4) is 0 Å². The molecule has 0 amide bonds. The fraction of sp³-hybridized carbons (Fsp3) is 0.909. The summed E-state index contributed by atoms with van der Waals surface area (Å²) in [6.07, 6.45) is 0. The van der Waals surface area contributed by atoms with Crippen LogP contribution in [0.4, 0.5) is 0 Å². The highest BCUT2D eigenvalue weighted by molar-refractivity contribution is 6.88. The van der Waals surface area contributed by atoms with Crippen LogP contribution in [0.5, 0.6) is 0 Å². The Morgan fingerprint density at radius 3 is 1.05 bits per heavy atom. The minimum absolute atomic E-state index is 0.411. The smallest absolute Gasteiger partial charge is 0.454 e. The van der Waals surface area contributed by atoms with Crippen molar-refractivity contribution in [3.05, 3.63) is 0 Å². The van der Waals surface area contributed by atoms with Gasteiger partial charge in [0.05, 0.1) is 0 Å². The maximum absolute atomic E-state index is 11.5. The maximum Gasteiger partial charge on any atom is 0.719 e. The summed E-state index contributed by atoms with van der Waals surface area (Å²) >= 11 is 0. The quantitative estimate of drug-likeness (QED) is 0.655. The normalized spacial score (nSPS) is 14.3.